The quantitative estimate of drug-likeness (QED) is 0.295. The number of aliphatic imine (C=N–C) groups is 1. The average Bonchev–Trinajstić information content (AvgIpc) is 3.42. The summed E-state index contributed by atoms with van der Waals surface area (Å²) in [5.41, 5.74) is 12.4. The van der Waals surface area contributed by atoms with Gasteiger partial charge in [-0.05, 0) is 55.7 Å². The molecule has 35 heavy (non-hydrogen) atoms. The van der Waals surface area contributed by atoms with Crippen molar-refractivity contribution in [3.63, 3.8) is 0 Å². The summed E-state index contributed by atoms with van der Waals surface area (Å²) in [7, 11) is 0. The third-order valence-corrected chi connectivity index (χ3v) is 7.09. The number of ether oxygens (including phenoxy) is 1. The number of carbonyl (C=O) groups is 3. The topological polar surface area (TPSA) is 137 Å². The van der Waals surface area contributed by atoms with Crippen LogP contribution < -0.4 is 16.8 Å². The molecule has 8 nitrogen and oxygen atoms in total. The molecular weight excluding hydrogens is 488 g/mol. The molecule has 0 unspecified atom stereocenters. The molecule has 0 aliphatic heterocycles. The van der Waals surface area contributed by atoms with Crippen molar-refractivity contribution < 1.29 is 19.1 Å². The fourth-order valence-corrected chi connectivity index (χ4v) is 5.46. The zero-order valence-electron chi connectivity index (χ0n) is 19.9. The Morgan fingerprint density at radius 3 is 2.54 bits per heavy atom. The van der Waals surface area contributed by atoms with Crippen molar-refractivity contribution in [2.24, 2.45) is 22.4 Å². The Bertz CT molecular complexity index is 1110. The van der Waals surface area contributed by atoms with E-state index in [9.17, 15) is 14.4 Å². The van der Waals surface area contributed by atoms with Crippen molar-refractivity contribution >= 4 is 52.1 Å². The molecule has 1 aliphatic rings. The zero-order chi connectivity index (χ0) is 25.5. The lowest BCUT2D eigenvalue weighted by Crippen LogP contribution is -2.27. The molecule has 1 saturated carbocycles. The van der Waals surface area contributed by atoms with Crippen molar-refractivity contribution in [2.45, 2.75) is 64.5 Å². The van der Waals surface area contributed by atoms with Gasteiger partial charge in [-0.2, -0.15) is 0 Å². The SMILES string of the molecule is CC(C)C[C@H](N=CCc1ccc(-c2cc(C(N)=O)c(NC(N)=O)s2)c(Cl)c1)C(=O)OC1CCCC1. The van der Waals surface area contributed by atoms with Crippen LogP contribution in [0.25, 0.3) is 10.4 Å². The van der Waals surface area contributed by atoms with Gasteiger partial charge in [0, 0.05) is 28.1 Å². The Kier molecular flexibility index (Phi) is 9.28. The Labute approximate surface area is 214 Å². The Balaban J connectivity index is 1.71. The summed E-state index contributed by atoms with van der Waals surface area (Å²) >= 11 is 7.68. The van der Waals surface area contributed by atoms with Crippen molar-refractivity contribution in [1.29, 1.82) is 0 Å². The van der Waals surface area contributed by atoms with Gasteiger partial charge in [0.15, 0.2) is 0 Å². The summed E-state index contributed by atoms with van der Waals surface area (Å²) in [6.45, 7) is 4.12. The average molecular weight is 519 g/mol. The molecule has 1 heterocycles. The molecule has 1 aromatic carbocycles. The molecule has 0 spiro atoms. The van der Waals surface area contributed by atoms with E-state index in [0.29, 0.717) is 34.2 Å². The molecule has 0 saturated heterocycles. The Hall–Kier alpha value is -2.91. The molecule has 188 valence electrons. The second kappa shape index (κ2) is 12.2. The first-order valence-corrected chi connectivity index (χ1v) is 12.8. The molecule has 3 amide bonds. The molecule has 1 aromatic heterocycles. The molecular formula is C25H31ClN4O4S. The monoisotopic (exact) mass is 518 g/mol. The number of benzene rings is 1. The first-order chi connectivity index (χ1) is 16.6. The van der Waals surface area contributed by atoms with Crippen LogP contribution in [0.3, 0.4) is 0 Å². The first kappa shape index (κ1) is 26.7. The van der Waals surface area contributed by atoms with Crippen LogP contribution >= 0.6 is 22.9 Å². The predicted octanol–water partition coefficient (Wildman–Crippen LogP) is 5.17. The number of primary amides is 2. The van der Waals surface area contributed by atoms with Crippen molar-refractivity contribution in [3.05, 3.63) is 40.4 Å². The van der Waals surface area contributed by atoms with Crippen molar-refractivity contribution in [1.82, 2.24) is 0 Å². The van der Waals surface area contributed by atoms with Gasteiger partial charge in [-0.15, -0.1) is 11.3 Å². The molecule has 2 aromatic rings. The lowest BCUT2D eigenvalue weighted by Gasteiger charge is -2.17. The van der Waals surface area contributed by atoms with Gasteiger partial charge < -0.3 is 16.2 Å². The molecule has 1 atom stereocenters. The number of esters is 1. The summed E-state index contributed by atoms with van der Waals surface area (Å²) in [5.74, 6) is -0.617. The first-order valence-electron chi connectivity index (χ1n) is 11.6. The van der Waals surface area contributed by atoms with Crippen LogP contribution in [0.1, 0.15) is 61.9 Å². The molecule has 3 rings (SSSR count). The highest BCUT2D eigenvalue weighted by molar-refractivity contribution is 7.20. The van der Waals surface area contributed by atoms with Gasteiger partial charge in [-0.3, -0.25) is 15.1 Å². The van der Waals surface area contributed by atoms with Gasteiger partial charge in [-0.1, -0.05) is 37.6 Å². The van der Waals surface area contributed by atoms with Crippen LogP contribution in [0.5, 0.6) is 0 Å². The lowest BCUT2D eigenvalue weighted by molar-refractivity contribution is -0.150. The predicted molar refractivity (Wildman–Crippen MR) is 140 cm³/mol. The number of urea groups is 1. The van der Waals surface area contributed by atoms with Crippen LogP contribution in [0.15, 0.2) is 29.3 Å². The molecule has 1 aliphatic carbocycles. The molecule has 0 bridgehead atoms. The summed E-state index contributed by atoms with van der Waals surface area (Å²) in [6, 6.07) is 5.81. The number of nitrogens with zero attached hydrogens (tertiary/aromatic N) is 1. The number of halogens is 1. The molecule has 0 radical (unpaired) electrons. The fraction of sp³-hybridized carbons (Fsp3) is 0.440. The Morgan fingerprint density at radius 1 is 1.23 bits per heavy atom. The van der Waals surface area contributed by atoms with Gasteiger partial charge in [-0.25, -0.2) is 9.59 Å². The highest BCUT2D eigenvalue weighted by Crippen LogP contribution is 2.38. The Morgan fingerprint density at radius 2 is 1.94 bits per heavy atom. The minimum Gasteiger partial charge on any atom is -0.461 e. The summed E-state index contributed by atoms with van der Waals surface area (Å²) in [5, 5.41) is 3.16. The largest absolute Gasteiger partial charge is 0.461 e. The minimum absolute atomic E-state index is 0.0183. The second-order valence-electron chi connectivity index (χ2n) is 9.05. The number of hydrogen-bond donors (Lipinski definition) is 3. The summed E-state index contributed by atoms with van der Waals surface area (Å²) < 4.78 is 5.67. The van der Waals surface area contributed by atoms with E-state index in [0.717, 1.165) is 42.6 Å². The van der Waals surface area contributed by atoms with Crippen molar-refractivity contribution in [2.75, 3.05) is 5.32 Å². The van der Waals surface area contributed by atoms with E-state index in [2.05, 4.69) is 24.2 Å². The van der Waals surface area contributed by atoms with Gasteiger partial charge in [0.1, 0.15) is 17.1 Å². The highest BCUT2D eigenvalue weighted by atomic mass is 35.5. The zero-order valence-corrected chi connectivity index (χ0v) is 21.5. The van der Waals surface area contributed by atoms with Crippen LogP contribution in [0.2, 0.25) is 5.02 Å². The summed E-state index contributed by atoms with van der Waals surface area (Å²) in [4.78, 5) is 40.8. The number of anilines is 1. The van der Waals surface area contributed by atoms with E-state index in [-0.39, 0.29) is 22.6 Å². The third kappa shape index (κ3) is 7.53. The van der Waals surface area contributed by atoms with Crippen LogP contribution in [0, 0.1) is 5.92 Å². The molecule has 10 heteroatoms. The van der Waals surface area contributed by atoms with Crippen LogP contribution in [-0.2, 0) is 16.0 Å². The van der Waals surface area contributed by atoms with Crippen LogP contribution in [-0.4, -0.2) is 36.3 Å². The number of nitrogens with one attached hydrogen (secondary N) is 1. The van der Waals surface area contributed by atoms with E-state index in [1.807, 2.05) is 18.2 Å². The number of rotatable bonds is 10. The number of amides is 3. The number of carbonyl (C=O) groups excluding carboxylic acids is 3. The smallest absolute Gasteiger partial charge is 0.331 e. The highest BCUT2D eigenvalue weighted by Gasteiger charge is 2.25. The van der Waals surface area contributed by atoms with E-state index < -0.39 is 18.0 Å². The van der Waals surface area contributed by atoms with Gasteiger partial charge in [0.25, 0.3) is 5.91 Å². The standard InChI is InChI=1S/C25H31ClN4O4S/c1-14(2)11-20(24(32)34-16-5-3-4-6-16)29-10-9-15-7-8-17(19(26)12-15)21-13-18(22(27)31)23(35-21)30-25(28)33/h7-8,10,12-14,16,20H,3-6,9,11H2,1-2H3,(H2,27,31)(H3,28,30,33)/t20-/m0/s1. The maximum Gasteiger partial charge on any atom is 0.331 e. The number of thiophene rings is 1. The maximum atomic E-state index is 12.7. The van der Waals surface area contributed by atoms with Gasteiger partial charge in [0.2, 0.25) is 0 Å². The molecule has 1 fully saturated rings. The maximum absolute atomic E-state index is 12.7. The third-order valence-electron chi connectivity index (χ3n) is 5.70. The fourth-order valence-electron chi connectivity index (χ4n) is 4.00. The van der Waals surface area contributed by atoms with Gasteiger partial charge in [0.05, 0.1) is 5.56 Å². The van der Waals surface area contributed by atoms with Gasteiger partial charge >= 0.3 is 12.0 Å². The number of hydrogen-bond acceptors (Lipinski definition) is 6. The van der Waals surface area contributed by atoms with Crippen LogP contribution in [0.4, 0.5) is 9.80 Å². The molecule has 5 N–H and O–H groups in total. The van der Waals surface area contributed by atoms with E-state index in [1.165, 1.54) is 0 Å². The van der Waals surface area contributed by atoms with Crippen molar-refractivity contribution in [3.8, 4) is 10.4 Å². The minimum atomic E-state index is -0.787. The lowest BCUT2D eigenvalue weighted by atomic mass is 10.0. The summed E-state index contributed by atoms with van der Waals surface area (Å²) in [6.07, 6.45) is 6.95. The number of nitrogens with two attached hydrogens (primary N) is 2. The van der Waals surface area contributed by atoms with E-state index in [1.54, 1.807) is 12.3 Å². The second-order valence-corrected chi connectivity index (χ2v) is 10.5. The van der Waals surface area contributed by atoms with E-state index >= 15 is 0 Å². The normalized spacial score (nSPS) is 15.0. The van der Waals surface area contributed by atoms with E-state index in [4.69, 9.17) is 27.8 Å².